The highest BCUT2D eigenvalue weighted by Gasteiger charge is 2.47. The molecule has 3 N–H and O–H groups in total. The van der Waals surface area contributed by atoms with Crippen molar-refractivity contribution in [3.05, 3.63) is 63.5 Å². The molecule has 1 aliphatic rings. The molecule has 2 aromatic carbocycles. The maximum atomic E-state index is 13.6. The Morgan fingerprint density at radius 1 is 1.18 bits per heavy atom. The Bertz CT molecular complexity index is 1290. The van der Waals surface area contributed by atoms with Crippen LogP contribution in [0.25, 0.3) is 22.1 Å². The summed E-state index contributed by atoms with van der Waals surface area (Å²) in [7, 11) is 1.50. The molecule has 4 rings (SSSR count). The maximum absolute atomic E-state index is 13.6. The zero-order valence-corrected chi connectivity index (χ0v) is 19.3. The summed E-state index contributed by atoms with van der Waals surface area (Å²) in [6.07, 6.45) is 2.10. The summed E-state index contributed by atoms with van der Waals surface area (Å²) >= 11 is 0. The predicted octanol–water partition coefficient (Wildman–Crippen LogP) is 4.60. The standard InChI is InChI=1S/C26H28O7/c1-13(2)6-11-16-20(28)18-21(29)17(14-7-9-15(27)10-8-14)12-32-23(18)19-22(16)33-25(24(19)31-5)26(3,4)30/h6-10,12,24-25,27-28,30H,11H2,1-5H3/t24-,25-/m1/s1. The van der Waals surface area contributed by atoms with E-state index in [0.29, 0.717) is 28.9 Å². The van der Waals surface area contributed by atoms with Crippen LogP contribution in [0.15, 0.2) is 51.4 Å². The van der Waals surface area contributed by atoms with E-state index in [1.807, 2.05) is 19.9 Å². The molecule has 0 unspecified atom stereocenters. The highest BCUT2D eigenvalue weighted by molar-refractivity contribution is 5.93. The fourth-order valence-electron chi connectivity index (χ4n) is 4.23. The van der Waals surface area contributed by atoms with E-state index in [2.05, 4.69) is 0 Å². The third-order valence-corrected chi connectivity index (χ3v) is 5.93. The van der Waals surface area contributed by atoms with Crippen LogP contribution >= 0.6 is 0 Å². The fraction of sp³-hybridized carbons (Fsp3) is 0.346. The van der Waals surface area contributed by atoms with Gasteiger partial charge in [0.25, 0.3) is 0 Å². The van der Waals surface area contributed by atoms with Gasteiger partial charge in [-0.15, -0.1) is 0 Å². The van der Waals surface area contributed by atoms with Crippen LogP contribution in [0.3, 0.4) is 0 Å². The molecule has 0 aliphatic carbocycles. The number of benzene rings is 2. The van der Waals surface area contributed by atoms with Gasteiger partial charge < -0.3 is 29.2 Å². The molecule has 0 spiro atoms. The number of allylic oxidation sites excluding steroid dienone is 2. The normalized spacial score (nSPS) is 17.6. The number of aromatic hydroxyl groups is 2. The number of methoxy groups -OCH3 is 1. The number of phenols is 2. The van der Waals surface area contributed by atoms with Crippen molar-refractivity contribution in [3.8, 4) is 28.4 Å². The van der Waals surface area contributed by atoms with Crippen LogP contribution in [-0.2, 0) is 11.2 Å². The molecule has 0 bridgehead atoms. The molecule has 7 nitrogen and oxygen atoms in total. The molecule has 0 saturated carbocycles. The second-order valence-corrected chi connectivity index (χ2v) is 9.13. The Kier molecular flexibility index (Phi) is 5.72. The molecule has 3 aromatic rings. The molecule has 33 heavy (non-hydrogen) atoms. The SMILES string of the molecule is CO[C@@H]1c2c(c(CC=C(C)C)c(O)c3c(=O)c(-c4ccc(O)cc4)coc23)O[C@H]1C(C)(C)O. The van der Waals surface area contributed by atoms with Gasteiger partial charge in [0.2, 0.25) is 5.43 Å². The Hall–Kier alpha value is -3.29. The number of phenolic OH excluding ortho intramolecular Hbond substituents is 2. The summed E-state index contributed by atoms with van der Waals surface area (Å²) in [5.41, 5.74) is 1.24. The number of hydrogen-bond acceptors (Lipinski definition) is 7. The smallest absolute Gasteiger partial charge is 0.204 e. The van der Waals surface area contributed by atoms with Gasteiger partial charge >= 0.3 is 0 Å². The van der Waals surface area contributed by atoms with Crippen molar-refractivity contribution < 1.29 is 29.2 Å². The van der Waals surface area contributed by atoms with Crippen LogP contribution in [0, 0.1) is 0 Å². The number of aliphatic hydroxyl groups is 1. The van der Waals surface area contributed by atoms with E-state index in [4.69, 9.17) is 13.9 Å². The highest BCUT2D eigenvalue weighted by atomic mass is 16.6. The van der Waals surface area contributed by atoms with Gasteiger partial charge in [0, 0.05) is 12.7 Å². The Balaban J connectivity index is 2.05. The molecule has 0 radical (unpaired) electrons. The van der Waals surface area contributed by atoms with Crippen molar-refractivity contribution in [1.82, 2.24) is 0 Å². The topological polar surface area (TPSA) is 109 Å². The number of ether oxygens (including phenoxy) is 2. The first kappa shape index (κ1) is 22.9. The van der Waals surface area contributed by atoms with Gasteiger partial charge in [-0.1, -0.05) is 23.8 Å². The molecular formula is C26H28O7. The maximum Gasteiger partial charge on any atom is 0.204 e. The summed E-state index contributed by atoms with van der Waals surface area (Å²) in [5, 5.41) is 31.6. The van der Waals surface area contributed by atoms with E-state index in [1.54, 1.807) is 26.0 Å². The van der Waals surface area contributed by atoms with Gasteiger partial charge in [-0.25, -0.2) is 0 Å². The molecule has 0 amide bonds. The molecule has 2 atom stereocenters. The van der Waals surface area contributed by atoms with E-state index >= 15 is 0 Å². The van der Waals surface area contributed by atoms with Crippen LogP contribution in [0.2, 0.25) is 0 Å². The molecular weight excluding hydrogens is 424 g/mol. The van der Waals surface area contributed by atoms with Crippen molar-refractivity contribution in [1.29, 1.82) is 0 Å². The zero-order valence-electron chi connectivity index (χ0n) is 19.3. The molecule has 0 fully saturated rings. The van der Waals surface area contributed by atoms with Crippen LogP contribution in [0.5, 0.6) is 17.2 Å². The summed E-state index contributed by atoms with van der Waals surface area (Å²) in [6, 6.07) is 6.16. The van der Waals surface area contributed by atoms with E-state index in [-0.39, 0.29) is 28.0 Å². The minimum absolute atomic E-state index is 0.0264. The number of rotatable bonds is 5. The van der Waals surface area contributed by atoms with Crippen LogP contribution < -0.4 is 10.2 Å². The van der Waals surface area contributed by atoms with E-state index in [9.17, 15) is 20.1 Å². The molecule has 1 aromatic heterocycles. The fourth-order valence-corrected chi connectivity index (χ4v) is 4.23. The quantitative estimate of drug-likeness (QED) is 0.486. The van der Waals surface area contributed by atoms with Crippen molar-refractivity contribution in [3.63, 3.8) is 0 Å². The van der Waals surface area contributed by atoms with E-state index < -0.39 is 23.2 Å². The monoisotopic (exact) mass is 452 g/mol. The van der Waals surface area contributed by atoms with Crippen LogP contribution in [0.4, 0.5) is 0 Å². The molecule has 1 aliphatic heterocycles. The second-order valence-electron chi connectivity index (χ2n) is 9.13. The molecule has 2 heterocycles. The first-order valence-corrected chi connectivity index (χ1v) is 10.7. The summed E-state index contributed by atoms with van der Waals surface area (Å²) in [5.74, 6) is 0.213. The summed E-state index contributed by atoms with van der Waals surface area (Å²) in [4.78, 5) is 13.6. The highest BCUT2D eigenvalue weighted by Crippen LogP contribution is 2.51. The molecule has 174 valence electrons. The first-order valence-electron chi connectivity index (χ1n) is 10.7. The Labute approximate surface area is 191 Å². The lowest BCUT2D eigenvalue weighted by Crippen LogP contribution is -2.42. The lowest BCUT2D eigenvalue weighted by Gasteiger charge is -2.29. The zero-order chi connectivity index (χ0) is 24.1. The van der Waals surface area contributed by atoms with Crippen molar-refractivity contribution in [2.75, 3.05) is 7.11 Å². The van der Waals surface area contributed by atoms with Crippen molar-refractivity contribution >= 4 is 11.0 Å². The molecule has 7 heteroatoms. The van der Waals surface area contributed by atoms with Crippen LogP contribution in [0.1, 0.15) is 44.9 Å². The lowest BCUT2D eigenvalue weighted by atomic mass is 9.91. The lowest BCUT2D eigenvalue weighted by molar-refractivity contribution is -0.0883. The minimum atomic E-state index is -1.26. The molecule has 0 saturated heterocycles. The Morgan fingerprint density at radius 3 is 2.42 bits per heavy atom. The minimum Gasteiger partial charge on any atom is -0.508 e. The van der Waals surface area contributed by atoms with E-state index in [0.717, 1.165) is 5.57 Å². The second kappa shape index (κ2) is 8.24. The van der Waals surface area contributed by atoms with Gasteiger partial charge in [0.05, 0.1) is 16.7 Å². The van der Waals surface area contributed by atoms with Crippen LogP contribution in [-0.4, -0.2) is 34.1 Å². The van der Waals surface area contributed by atoms with Gasteiger partial charge in [-0.05, 0) is 51.8 Å². The van der Waals surface area contributed by atoms with Gasteiger partial charge in [-0.3, -0.25) is 4.79 Å². The first-order chi connectivity index (χ1) is 15.5. The third-order valence-electron chi connectivity index (χ3n) is 5.93. The third kappa shape index (κ3) is 3.87. The van der Waals surface area contributed by atoms with Gasteiger partial charge in [0.15, 0.2) is 11.7 Å². The Morgan fingerprint density at radius 2 is 1.85 bits per heavy atom. The van der Waals surface area contributed by atoms with E-state index in [1.165, 1.54) is 25.5 Å². The summed E-state index contributed by atoms with van der Waals surface area (Å²) in [6.45, 7) is 7.11. The average molecular weight is 453 g/mol. The predicted molar refractivity (Wildman–Crippen MR) is 125 cm³/mol. The van der Waals surface area contributed by atoms with Gasteiger partial charge in [0.1, 0.15) is 35.0 Å². The number of hydrogen-bond donors (Lipinski definition) is 3. The largest absolute Gasteiger partial charge is 0.508 e. The number of fused-ring (bicyclic) bond motifs is 3. The average Bonchev–Trinajstić information content (AvgIpc) is 3.14. The van der Waals surface area contributed by atoms with Crippen molar-refractivity contribution in [2.45, 2.75) is 51.9 Å². The van der Waals surface area contributed by atoms with Crippen molar-refractivity contribution in [2.24, 2.45) is 0 Å². The van der Waals surface area contributed by atoms with Gasteiger partial charge in [-0.2, -0.15) is 0 Å². The summed E-state index contributed by atoms with van der Waals surface area (Å²) < 4.78 is 17.8.